The number of nitrogens with one attached hydrogen (secondary N) is 2. The topological polar surface area (TPSA) is 63.1 Å². The molecule has 0 amide bonds. The fourth-order valence-corrected chi connectivity index (χ4v) is 3.30. The Morgan fingerprint density at radius 3 is 2.57 bits per heavy atom. The lowest BCUT2D eigenvalue weighted by Crippen LogP contribution is -2.26. The van der Waals surface area contributed by atoms with Crippen LogP contribution in [0.15, 0.2) is 17.2 Å². The van der Waals surface area contributed by atoms with Gasteiger partial charge in [0.25, 0.3) is 0 Å². The molecule has 0 aliphatic carbocycles. The molecule has 0 aliphatic heterocycles. The number of hydrogen-bond donors (Lipinski definition) is 2. The molecule has 0 fully saturated rings. The van der Waals surface area contributed by atoms with Gasteiger partial charge in [0, 0.05) is 43.3 Å². The first-order valence-electron chi connectivity index (χ1n) is 7.17. The minimum atomic E-state index is -3.41. The Bertz CT molecular complexity index is 538. The quantitative estimate of drug-likeness (QED) is 0.725. The Labute approximate surface area is 132 Å². The molecule has 1 aromatic rings. The second-order valence-electron chi connectivity index (χ2n) is 5.55. The fraction of sp³-hybridized carbons (Fsp3) is 0.714. The van der Waals surface area contributed by atoms with Crippen molar-refractivity contribution in [1.29, 1.82) is 0 Å². The van der Waals surface area contributed by atoms with Crippen LogP contribution in [-0.4, -0.2) is 37.1 Å². The third-order valence-corrected chi connectivity index (χ3v) is 5.80. The van der Waals surface area contributed by atoms with Crippen molar-refractivity contribution >= 4 is 21.8 Å². The molecule has 0 aliphatic rings. The monoisotopic (exact) mass is 333 g/mol. The van der Waals surface area contributed by atoms with Crippen LogP contribution in [0.2, 0.25) is 0 Å². The first kappa shape index (κ1) is 18.5. The van der Waals surface area contributed by atoms with Gasteiger partial charge < -0.3 is 9.88 Å². The van der Waals surface area contributed by atoms with Crippen molar-refractivity contribution in [3.8, 4) is 0 Å². The molecule has 0 saturated heterocycles. The summed E-state index contributed by atoms with van der Waals surface area (Å²) >= 11 is 1.74. The Kier molecular flexibility index (Phi) is 7.26. The van der Waals surface area contributed by atoms with Gasteiger partial charge in [-0.05, 0) is 18.7 Å². The molecular weight excluding hydrogens is 306 g/mol. The molecule has 0 aromatic carbocycles. The predicted molar refractivity (Wildman–Crippen MR) is 90.2 cm³/mol. The molecule has 1 heterocycles. The number of sulfonamides is 1. The zero-order valence-corrected chi connectivity index (χ0v) is 15.1. The summed E-state index contributed by atoms with van der Waals surface area (Å²) in [5.41, 5.74) is 0.960. The maximum absolute atomic E-state index is 12.3. The zero-order valence-electron chi connectivity index (χ0n) is 13.5. The van der Waals surface area contributed by atoms with Crippen molar-refractivity contribution in [3.05, 3.63) is 18.0 Å². The Morgan fingerprint density at radius 2 is 2.00 bits per heavy atom. The first-order valence-corrected chi connectivity index (χ1v) is 9.94. The molecule has 7 heteroatoms. The van der Waals surface area contributed by atoms with Gasteiger partial charge >= 0.3 is 0 Å². The summed E-state index contributed by atoms with van der Waals surface area (Å²) in [5.74, 6) is 0. The Morgan fingerprint density at radius 1 is 1.33 bits per heavy atom. The molecular formula is C14H27N3O2S2. The van der Waals surface area contributed by atoms with Crippen molar-refractivity contribution in [2.45, 2.75) is 49.9 Å². The van der Waals surface area contributed by atoms with E-state index in [1.54, 1.807) is 24.0 Å². The van der Waals surface area contributed by atoms with Gasteiger partial charge in [0.05, 0.1) is 4.90 Å². The van der Waals surface area contributed by atoms with Gasteiger partial charge in [-0.1, -0.05) is 20.8 Å². The fourth-order valence-electron chi connectivity index (χ4n) is 1.81. The smallest absolute Gasteiger partial charge is 0.242 e. The van der Waals surface area contributed by atoms with E-state index in [1.807, 2.05) is 17.9 Å². The summed E-state index contributed by atoms with van der Waals surface area (Å²) in [5, 5.41) is 3.75. The molecule has 1 atom stereocenters. The van der Waals surface area contributed by atoms with E-state index >= 15 is 0 Å². The maximum Gasteiger partial charge on any atom is 0.242 e. The van der Waals surface area contributed by atoms with E-state index in [-0.39, 0.29) is 0 Å². The molecule has 0 saturated carbocycles. The van der Waals surface area contributed by atoms with Crippen LogP contribution >= 0.6 is 11.8 Å². The molecule has 0 radical (unpaired) electrons. The Balaban J connectivity index is 2.68. The molecule has 1 rings (SSSR count). The van der Waals surface area contributed by atoms with Gasteiger partial charge in [0.1, 0.15) is 0 Å². The van der Waals surface area contributed by atoms with Crippen LogP contribution in [0.4, 0.5) is 0 Å². The van der Waals surface area contributed by atoms with E-state index in [1.165, 1.54) is 0 Å². The minimum absolute atomic E-state index is 0.336. The number of hydrogen-bond acceptors (Lipinski definition) is 4. The third-order valence-electron chi connectivity index (χ3n) is 3.33. The van der Waals surface area contributed by atoms with E-state index < -0.39 is 10.0 Å². The van der Waals surface area contributed by atoms with Gasteiger partial charge in [-0.3, -0.25) is 0 Å². The van der Waals surface area contributed by atoms with Crippen molar-refractivity contribution in [3.63, 3.8) is 0 Å². The second kappa shape index (κ2) is 8.22. The van der Waals surface area contributed by atoms with Crippen molar-refractivity contribution in [2.75, 3.05) is 12.8 Å². The lowest BCUT2D eigenvalue weighted by atomic mass is 10.3. The summed E-state index contributed by atoms with van der Waals surface area (Å²) in [6.45, 7) is 7.35. The van der Waals surface area contributed by atoms with Crippen LogP contribution in [0.5, 0.6) is 0 Å². The first-order chi connectivity index (χ1) is 9.76. The van der Waals surface area contributed by atoms with Gasteiger partial charge in [0.2, 0.25) is 10.0 Å². The molecule has 5 nitrogen and oxygen atoms in total. The van der Waals surface area contributed by atoms with Crippen LogP contribution in [0.25, 0.3) is 0 Å². The van der Waals surface area contributed by atoms with Crippen LogP contribution in [0, 0.1) is 0 Å². The average molecular weight is 334 g/mol. The molecule has 21 heavy (non-hydrogen) atoms. The van der Waals surface area contributed by atoms with E-state index in [2.05, 4.69) is 30.8 Å². The highest BCUT2D eigenvalue weighted by Gasteiger charge is 2.17. The number of aryl methyl sites for hydroxylation is 1. The minimum Gasteiger partial charge on any atom is -0.352 e. The SMILES string of the molecule is CSC(C)CCNS(=O)(=O)c1cc(CNC(C)C)n(C)c1. The number of aromatic nitrogens is 1. The predicted octanol–water partition coefficient (Wildman–Crippen LogP) is 1.94. The van der Waals surface area contributed by atoms with Crippen LogP contribution in [0.1, 0.15) is 32.9 Å². The summed E-state index contributed by atoms with van der Waals surface area (Å²) < 4.78 is 29.0. The van der Waals surface area contributed by atoms with E-state index in [4.69, 9.17) is 0 Å². The molecule has 0 bridgehead atoms. The summed E-state index contributed by atoms with van der Waals surface area (Å²) in [4.78, 5) is 0.336. The highest BCUT2D eigenvalue weighted by atomic mass is 32.2. The van der Waals surface area contributed by atoms with Crippen LogP contribution < -0.4 is 10.0 Å². The maximum atomic E-state index is 12.3. The van der Waals surface area contributed by atoms with E-state index in [0.29, 0.717) is 29.3 Å². The highest BCUT2D eigenvalue weighted by molar-refractivity contribution is 7.99. The van der Waals surface area contributed by atoms with Gasteiger partial charge in [-0.2, -0.15) is 11.8 Å². The molecule has 122 valence electrons. The van der Waals surface area contributed by atoms with E-state index in [9.17, 15) is 8.42 Å². The molecule has 0 spiro atoms. The molecule has 1 unspecified atom stereocenters. The standard InChI is InChI=1S/C14H27N3O2S2/c1-11(2)15-9-13-8-14(10-17(13)4)21(18,19)16-7-6-12(3)20-5/h8,10-12,15-16H,6-7,9H2,1-5H3. The molecule has 2 N–H and O–H groups in total. The van der Waals surface area contributed by atoms with Gasteiger partial charge in [-0.25, -0.2) is 13.1 Å². The summed E-state index contributed by atoms with van der Waals surface area (Å²) in [7, 11) is -1.55. The van der Waals surface area contributed by atoms with Crippen molar-refractivity contribution < 1.29 is 8.42 Å². The Hall–Kier alpha value is -0.500. The number of thioether (sulfide) groups is 1. The number of rotatable bonds is 9. The number of nitrogens with zero attached hydrogens (tertiary/aromatic N) is 1. The second-order valence-corrected chi connectivity index (χ2v) is 8.59. The van der Waals surface area contributed by atoms with Crippen molar-refractivity contribution in [2.24, 2.45) is 7.05 Å². The largest absolute Gasteiger partial charge is 0.352 e. The van der Waals surface area contributed by atoms with Gasteiger partial charge in [0.15, 0.2) is 0 Å². The van der Waals surface area contributed by atoms with E-state index in [0.717, 1.165) is 12.1 Å². The third kappa shape index (κ3) is 6.02. The summed E-state index contributed by atoms with van der Waals surface area (Å²) in [6.07, 6.45) is 4.52. The zero-order chi connectivity index (χ0) is 16.0. The van der Waals surface area contributed by atoms with Crippen molar-refractivity contribution in [1.82, 2.24) is 14.6 Å². The average Bonchev–Trinajstić information content (AvgIpc) is 2.78. The molecule has 1 aromatic heterocycles. The van der Waals surface area contributed by atoms with Gasteiger partial charge in [-0.15, -0.1) is 0 Å². The lowest BCUT2D eigenvalue weighted by Gasteiger charge is -2.09. The highest BCUT2D eigenvalue weighted by Crippen LogP contribution is 2.14. The lowest BCUT2D eigenvalue weighted by molar-refractivity contribution is 0.571. The van der Waals surface area contributed by atoms with Crippen LogP contribution in [-0.2, 0) is 23.6 Å². The van der Waals surface area contributed by atoms with Crippen LogP contribution in [0.3, 0.4) is 0 Å². The normalized spacial score (nSPS) is 13.8. The summed E-state index contributed by atoms with van der Waals surface area (Å²) in [6, 6.07) is 2.10.